The van der Waals surface area contributed by atoms with Gasteiger partial charge in [-0.3, -0.25) is 9.82 Å². The Labute approximate surface area is 109 Å². The van der Waals surface area contributed by atoms with Crippen LogP contribution in [0.25, 0.3) is 0 Å². The van der Waals surface area contributed by atoms with Gasteiger partial charge in [-0.25, -0.2) is 13.2 Å². The van der Waals surface area contributed by atoms with Crippen LogP contribution < -0.4 is 4.72 Å². The number of anilines is 1. The quantitative estimate of drug-likeness (QED) is 0.780. The van der Waals surface area contributed by atoms with Crippen molar-refractivity contribution >= 4 is 21.8 Å². The van der Waals surface area contributed by atoms with Crippen LogP contribution in [0.5, 0.6) is 0 Å². The van der Waals surface area contributed by atoms with Gasteiger partial charge in [0.2, 0.25) is 0 Å². The van der Waals surface area contributed by atoms with Crippen LogP contribution in [0.4, 0.5) is 5.82 Å². The second-order valence-electron chi connectivity index (χ2n) is 3.81. The number of aromatic amines is 1. The van der Waals surface area contributed by atoms with Gasteiger partial charge in [0.05, 0.1) is 16.7 Å². The molecule has 1 aromatic heterocycles. The molecule has 0 atom stereocenters. The number of rotatable bonds is 4. The predicted octanol–water partition coefficient (Wildman–Crippen LogP) is 1.22. The van der Waals surface area contributed by atoms with Gasteiger partial charge in [-0.05, 0) is 24.6 Å². The highest BCUT2D eigenvalue weighted by Crippen LogP contribution is 2.21. The van der Waals surface area contributed by atoms with Gasteiger partial charge in [-0.2, -0.15) is 5.10 Å². The Morgan fingerprint density at radius 2 is 2.11 bits per heavy atom. The van der Waals surface area contributed by atoms with Crippen LogP contribution in [0.2, 0.25) is 0 Å². The normalized spacial score (nSPS) is 11.2. The maximum absolute atomic E-state index is 12.1. The first-order chi connectivity index (χ1) is 8.92. The number of nitrogens with one attached hydrogen (secondary N) is 2. The van der Waals surface area contributed by atoms with Crippen molar-refractivity contribution in [2.24, 2.45) is 0 Å². The molecule has 0 bridgehead atoms. The van der Waals surface area contributed by atoms with Gasteiger partial charge >= 0.3 is 5.97 Å². The van der Waals surface area contributed by atoms with Crippen LogP contribution in [0.15, 0.2) is 35.4 Å². The van der Waals surface area contributed by atoms with Gasteiger partial charge in [0.1, 0.15) is 5.82 Å². The number of aromatic nitrogens is 2. The number of aromatic carboxylic acids is 1. The summed E-state index contributed by atoms with van der Waals surface area (Å²) in [6, 6.07) is 5.54. The molecule has 0 aliphatic carbocycles. The first-order valence-electron chi connectivity index (χ1n) is 5.27. The highest BCUT2D eigenvalue weighted by atomic mass is 32.2. The van der Waals surface area contributed by atoms with E-state index >= 15 is 0 Å². The van der Waals surface area contributed by atoms with E-state index in [9.17, 15) is 13.2 Å². The largest absolute Gasteiger partial charge is 0.478 e. The van der Waals surface area contributed by atoms with Crippen LogP contribution >= 0.6 is 0 Å². The average Bonchev–Trinajstić information content (AvgIpc) is 2.80. The van der Waals surface area contributed by atoms with Crippen molar-refractivity contribution < 1.29 is 18.3 Å². The fraction of sp³-hybridized carbons (Fsp3) is 0.0909. The average molecular weight is 281 g/mol. The summed E-state index contributed by atoms with van der Waals surface area (Å²) >= 11 is 0. The summed E-state index contributed by atoms with van der Waals surface area (Å²) in [4.78, 5) is 10.9. The second kappa shape index (κ2) is 4.73. The van der Waals surface area contributed by atoms with E-state index in [0.717, 1.165) is 0 Å². The van der Waals surface area contributed by atoms with Crippen molar-refractivity contribution in [2.45, 2.75) is 11.8 Å². The minimum Gasteiger partial charge on any atom is -0.478 e. The van der Waals surface area contributed by atoms with Gasteiger partial charge in [-0.15, -0.1) is 0 Å². The number of sulfonamides is 1. The van der Waals surface area contributed by atoms with Crippen LogP contribution in [-0.4, -0.2) is 29.7 Å². The minimum absolute atomic E-state index is 0.0486. The number of hydrogen-bond acceptors (Lipinski definition) is 4. The topological polar surface area (TPSA) is 112 Å². The highest BCUT2D eigenvalue weighted by molar-refractivity contribution is 7.92. The van der Waals surface area contributed by atoms with E-state index in [-0.39, 0.29) is 21.8 Å². The number of carboxylic acids is 1. The lowest BCUT2D eigenvalue weighted by molar-refractivity contribution is 0.0696. The van der Waals surface area contributed by atoms with Crippen molar-refractivity contribution in [1.82, 2.24) is 10.2 Å². The zero-order chi connectivity index (χ0) is 14.0. The van der Waals surface area contributed by atoms with Gasteiger partial charge in [0.15, 0.2) is 0 Å². The number of carbonyl (C=O) groups is 1. The summed E-state index contributed by atoms with van der Waals surface area (Å²) < 4.78 is 26.6. The third-order valence-electron chi connectivity index (χ3n) is 2.55. The highest BCUT2D eigenvalue weighted by Gasteiger charge is 2.21. The molecule has 0 radical (unpaired) electrons. The number of nitrogens with zero attached hydrogens (tertiary/aromatic N) is 1. The van der Waals surface area contributed by atoms with E-state index in [1.54, 1.807) is 0 Å². The molecule has 100 valence electrons. The second-order valence-corrected chi connectivity index (χ2v) is 5.46. The third kappa shape index (κ3) is 2.58. The summed E-state index contributed by atoms with van der Waals surface area (Å²) in [6.07, 6.45) is 1.40. The smallest absolute Gasteiger partial charge is 0.335 e. The first-order valence-corrected chi connectivity index (χ1v) is 6.75. The Balaban J connectivity index is 2.47. The van der Waals surface area contributed by atoms with E-state index in [1.165, 1.54) is 37.4 Å². The fourth-order valence-electron chi connectivity index (χ4n) is 1.65. The number of benzene rings is 1. The standard InChI is InChI=1S/C11H11N3O4S/c1-7-8(11(15)16)3-2-4-9(7)19(17,18)14-10-5-6-12-13-10/h2-6H,1H3,(H,15,16)(H2,12,13,14). The van der Waals surface area contributed by atoms with Crippen molar-refractivity contribution in [3.8, 4) is 0 Å². The summed E-state index contributed by atoms with van der Waals surface area (Å²) in [5, 5.41) is 15.1. The molecule has 7 nitrogen and oxygen atoms in total. The summed E-state index contributed by atoms with van der Waals surface area (Å²) in [5.74, 6) is -0.962. The fourth-order valence-corrected chi connectivity index (χ4v) is 2.93. The molecule has 1 heterocycles. The summed E-state index contributed by atoms with van der Waals surface area (Å²) in [6.45, 7) is 1.45. The molecule has 0 fully saturated rings. The zero-order valence-electron chi connectivity index (χ0n) is 9.91. The van der Waals surface area contributed by atoms with E-state index in [2.05, 4.69) is 14.9 Å². The Kier molecular flexibility index (Phi) is 3.26. The monoisotopic (exact) mass is 281 g/mol. The zero-order valence-corrected chi connectivity index (χ0v) is 10.7. The van der Waals surface area contributed by atoms with Crippen LogP contribution in [0, 0.1) is 6.92 Å². The Hall–Kier alpha value is -2.35. The molecule has 0 spiro atoms. The summed E-state index contributed by atoms with van der Waals surface area (Å²) in [7, 11) is -3.85. The Morgan fingerprint density at radius 1 is 1.37 bits per heavy atom. The molecule has 0 amide bonds. The molecule has 0 saturated heterocycles. The van der Waals surface area contributed by atoms with Gasteiger partial charge < -0.3 is 5.11 Å². The van der Waals surface area contributed by atoms with Crippen LogP contribution in [0.1, 0.15) is 15.9 Å². The number of H-pyrrole nitrogens is 1. The minimum atomic E-state index is -3.85. The molecule has 19 heavy (non-hydrogen) atoms. The molecule has 3 N–H and O–H groups in total. The van der Waals surface area contributed by atoms with E-state index in [1.807, 2.05) is 0 Å². The molecule has 8 heteroatoms. The number of hydrogen-bond donors (Lipinski definition) is 3. The molecule has 0 unspecified atom stereocenters. The molecule has 2 aromatic rings. The maximum Gasteiger partial charge on any atom is 0.335 e. The molecule has 2 rings (SSSR count). The van der Waals surface area contributed by atoms with E-state index in [0.29, 0.717) is 0 Å². The Bertz CT molecular complexity index is 708. The number of carboxylic acid groups (broad SMARTS) is 1. The van der Waals surface area contributed by atoms with Gasteiger partial charge in [-0.1, -0.05) is 6.07 Å². The molecular weight excluding hydrogens is 270 g/mol. The maximum atomic E-state index is 12.1. The lowest BCUT2D eigenvalue weighted by atomic mass is 10.1. The molecular formula is C11H11N3O4S. The van der Waals surface area contributed by atoms with Crippen molar-refractivity contribution in [2.75, 3.05) is 4.72 Å². The summed E-state index contributed by atoms with van der Waals surface area (Å²) in [5.41, 5.74) is 0.134. The Morgan fingerprint density at radius 3 is 2.68 bits per heavy atom. The van der Waals surface area contributed by atoms with Crippen LogP contribution in [-0.2, 0) is 10.0 Å². The first kappa shape index (κ1) is 13.1. The van der Waals surface area contributed by atoms with E-state index < -0.39 is 16.0 Å². The van der Waals surface area contributed by atoms with Crippen molar-refractivity contribution in [3.63, 3.8) is 0 Å². The SMILES string of the molecule is Cc1c(C(=O)O)cccc1S(=O)(=O)Nc1ccn[nH]1. The molecule has 0 aliphatic heterocycles. The van der Waals surface area contributed by atoms with Crippen LogP contribution in [0.3, 0.4) is 0 Å². The van der Waals surface area contributed by atoms with E-state index in [4.69, 9.17) is 5.11 Å². The predicted molar refractivity (Wildman–Crippen MR) is 67.5 cm³/mol. The van der Waals surface area contributed by atoms with Gasteiger partial charge in [0, 0.05) is 6.07 Å². The molecule has 1 aromatic carbocycles. The van der Waals surface area contributed by atoms with Crippen molar-refractivity contribution in [3.05, 3.63) is 41.6 Å². The molecule has 0 aliphatic rings. The lowest BCUT2D eigenvalue weighted by Crippen LogP contribution is -2.16. The molecule has 0 saturated carbocycles. The lowest BCUT2D eigenvalue weighted by Gasteiger charge is -2.10. The third-order valence-corrected chi connectivity index (χ3v) is 4.06. The van der Waals surface area contributed by atoms with Gasteiger partial charge in [0.25, 0.3) is 10.0 Å². The van der Waals surface area contributed by atoms with Crippen molar-refractivity contribution in [1.29, 1.82) is 0 Å².